The standard InChI is InChI=1S/C22H21ClN2O5S2/c1-31-15-8-6-14(7-9-15)19(26)13-30-22(27)16-11-20-18(12-17(16)23)25-10-4-2-3-5-21(25)24-32(20,28)29/h6-9,11-12H,2-5,10,13H2,1H3. The average Bonchev–Trinajstić information content (AvgIpc) is 3.01. The minimum atomic E-state index is -3.97. The van der Waals surface area contributed by atoms with Crippen molar-refractivity contribution in [2.75, 3.05) is 24.3 Å². The third kappa shape index (κ3) is 4.55. The molecule has 0 amide bonds. The van der Waals surface area contributed by atoms with Crippen LogP contribution in [-0.4, -0.2) is 45.4 Å². The molecule has 0 aliphatic carbocycles. The molecule has 0 bridgehead atoms. The number of fused-ring (bicyclic) bond motifs is 3. The SMILES string of the molecule is CSc1ccc(C(=O)COC(=O)c2cc3c(cc2Cl)N2CCCCCC2=NS3(=O)=O)cc1. The van der Waals surface area contributed by atoms with E-state index in [9.17, 15) is 18.0 Å². The highest BCUT2D eigenvalue weighted by Crippen LogP contribution is 2.38. The fourth-order valence-corrected chi connectivity index (χ4v) is 5.63. The third-order valence-corrected chi connectivity index (χ3v) is 7.79. The first-order chi connectivity index (χ1) is 15.3. The van der Waals surface area contributed by atoms with Gasteiger partial charge in [-0.3, -0.25) is 4.79 Å². The minimum Gasteiger partial charge on any atom is -0.454 e. The van der Waals surface area contributed by atoms with Crippen molar-refractivity contribution in [2.45, 2.75) is 35.5 Å². The molecule has 2 aliphatic heterocycles. The van der Waals surface area contributed by atoms with E-state index in [1.54, 1.807) is 23.9 Å². The smallest absolute Gasteiger partial charge is 0.340 e. The zero-order valence-electron chi connectivity index (χ0n) is 17.3. The van der Waals surface area contributed by atoms with Crippen LogP contribution in [0.1, 0.15) is 46.4 Å². The predicted molar refractivity (Wildman–Crippen MR) is 125 cm³/mol. The van der Waals surface area contributed by atoms with Crippen LogP contribution in [0.25, 0.3) is 0 Å². The molecule has 0 aromatic heterocycles. The van der Waals surface area contributed by atoms with E-state index in [4.69, 9.17) is 16.3 Å². The number of anilines is 1. The normalized spacial score (nSPS) is 16.9. The second kappa shape index (κ2) is 9.25. The molecule has 0 saturated carbocycles. The molecule has 168 valence electrons. The number of sulfonamides is 1. The Hall–Kier alpha value is -2.36. The molecule has 10 heteroatoms. The van der Waals surface area contributed by atoms with Crippen LogP contribution < -0.4 is 4.90 Å². The number of Topliss-reactive ketones (excluding diaryl/α,β-unsaturated/α-hetero) is 1. The Labute approximate surface area is 195 Å². The predicted octanol–water partition coefficient (Wildman–Crippen LogP) is 4.58. The van der Waals surface area contributed by atoms with E-state index in [0.717, 1.165) is 24.2 Å². The Morgan fingerprint density at radius 1 is 1.16 bits per heavy atom. The molecule has 32 heavy (non-hydrogen) atoms. The Balaban J connectivity index is 1.56. The number of hydrogen-bond acceptors (Lipinski definition) is 7. The van der Waals surface area contributed by atoms with Crippen LogP contribution in [0, 0.1) is 0 Å². The lowest BCUT2D eigenvalue weighted by atomic mass is 10.1. The van der Waals surface area contributed by atoms with Gasteiger partial charge in [0.2, 0.25) is 0 Å². The number of ketones is 1. The molecule has 0 spiro atoms. The monoisotopic (exact) mass is 492 g/mol. The molecule has 2 aliphatic rings. The van der Waals surface area contributed by atoms with Gasteiger partial charge >= 0.3 is 5.97 Å². The van der Waals surface area contributed by atoms with Gasteiger partial charge in [-0.1, -0.05) is 30.2 Å². The molecular formula is C22H21ClN2O5S2. The maximum atomic E-state index is 12.8. The van der Waals surface area contributed by atoms with Crippen molar-refractivity contribution in [3.05, 3.63) is 52.5 Å². The first-order valence-electron chi connectivity index (χ1n) is 10.1. The Bertz CT molecular complexity index is 1210. The van der Waals surface area contributed by atoms with E-state index in [1.165, 1.54) is 12.1 Å². The van der Waals surface area contributed by atoms with Crippen LogP contribution >= 0.6 is 23.4 Å². The van der Waals surface area contributed by atoms with Crippen LogP contribution in [0.4, 0.5) is 5.69 Å². The number of ether oxygens (including phenoxy) is 1. The van der Waals surface area contributed by atoms with Crippen molar-refractivity contribution in [2.24, 2.45) is 4.40 Å². The van der Waals surface area contributed by atoms with Gasteiger partial charge in [-0.05, 0) is 43.4 Å². The molecule has 2 aromatic rings. The zero-order valence-corrected chi connectivity index (χ0v) is 19.7. The number of carbonyl (C=O) groups is 2. The summed E-state index contributed by atoms with van der Waals surface area (Å²) >= 11 is 7.89. The van der Waals surface area contributed by atoms with E-state index >= 15 is 0 Å². The van der Waals surface area contributed by atoms with E-state index < -0.39 is 22.6 Å². The summed E-state index contributed by atoms with van der Waals surface area (Å²) in [5.41, 5.74) is 0.717. The molecule has 0 unspecified atom stereocenters. The Morgan fingerprint density at radius 2 is 1.91 bits per heavy atom. The van der Waals surface area contributed by atoms with Crippen molar-refractivity contribution in [1.29, 1.82) is 0 Å². The fraction of sp³-hybridized carbons (Fsp3) is 0.318. The van der Waals surface area contributed by atoms with Gasteiger partial charge in [0.1, 0.15) is 10.7 Å². The molecule has 0 atom stereocenters. The maximum absolute atomic E-state index is 12.8. The molecular weight excluding hydrogens is 472 g/mol. The van der Waals surface area contributed by atoms with Crippen LogP contribution in [0.2, 0.25) is 5.02 Å². The number of esters is 1. The second-order valence-electron chi connectivity index (χ2n) is 7.47. The van der Waals surface area contributed by atoms with Crippen molar-refractivity contribution in [3.8, 4) is 0 Å². The van der Waals surface area contributed by atoms with Gasteiger partial charge in [0.25, 0.3) is 10.0 Å². The number of thioether (sulfide) groups is 1. The molecule has 1 fully saturated rings. The summed E-state index contributed by atoms with van der Waals surface area (Å²) in [6, 6.07) is 9.60. The average molecular weight is 493 g/mol. The minimum absolute atomic E-state index is 0.0613. The lowest BCUT2D eigenvalue weighted by Crippen LogP contribution is -2.35. The van der Waals surface area contributed by atoms with Gasteiger partial charge in [0.05, 0.1) is 16.3 Å². The van der Waals surface area contributed by atoms with Gasteiger partial charge < -0.3 is 9.64 Å². The topological polar surface area (TPSA) is 93.1 Å². The summed E-state index contributed by atoms with van der Waals surface area (Å²) in [5, 5.41) is 0.0613. The number of hydrogen-bond donors (Lipinski definition) is 0. The number of nitrogens with zero attached hydrogens (tertiary/aromatic N) is 2. The van der Waals surface area contributed by atoms with Gasteiger partial charge in [-0.25, -0.2) is 4.79 Å². The van der Waals surface area contributed by atoms with Gasteiger partial charge in [0.15, 0.2) is 12.4 Å². The molecule has 0 N–H and O–H groups in total. The summed E-state index contributed by atoms with van der Waals surface area (Å²) in [6.07, 6.45) is 5.25. The van der Waals surface area contributed by atoms with Crippen LogP contribution in [0.3, 0.4) is 0 Å². The quantitative estimate of drug-likeness (QED) is 0.342. The number of rotatable bonds is 5. The van der Waals surface area contributed by atoms with Crippen LogP contribution in [0.15, 0.2) is 50.6 Å². The number of benzene rings is 2. The molecule has 4 rings (SSSR count). The highest BCUT2D eigenvalue weighted by molar-refractivity contribution is 7.98. The van der Waals surface area contributed by atoms with Gasteiger partial charge in [0, 0.05) is 23.4 Å². The summed E-state index contributed by atoms with van der Waals surface area (Å²) in [6.45, 7) is 0.150. The lowest BCUT2D eigenvalue weighted by molar-refractivity contribution is 0.0474. The van der Waals surface area contributed by atoms with Crippen molar-refractivity contribution >= 4 is 56.7 Å². The molecule has 2 aromatic carbocycles. The lowest BCUT2D eigenvalue weighted by Gasteiger charge is -2.30. The van der Waals surface area contributed by atoms with E-state index in [1.807, 2.05) is 23.3 Å². The first kappa shape index (κ1) is 22.8. The molecule has 1 saturated heterocycles. The van der Waals surface area contributed by atoms with Crippen molar-refractivity contribution in [1.82, 2.24) is 0 Å². The van der Waals surface area contributed by atoms with Crippen LogP contribution in [-0.2, 0) is 14.8 Å². The van der Waals surface area contributed by atoms with Crippen molar-refractivity contribution in [3.63, 3.8) is 0 Å². The van der Waals surface area contributed by atoms with E-state index in [-0.39, 0.29) is 21.3 Å². The Kier molecular flexibility index (Phi) is 6.60. The van der Waals surface area contributed by atoms with Gasteiger partial charge in [-0.2, -0.15) is 8.42 Å². The molecule has 2 heterocycles. The van der Waals surface area contributed by atoms with E-state index in [0.29, 0.717) is 30.1 Å². The highest BCUT2D eigenvalue weighted by Gasteiger charge is 2.33. The summed E-state index contributed by atoms with van der Waals surface area (Å²) in [7, 11) is -3.97. The molecule has 0 radical (unpaired) electrons. The summed E-state index contributed by atoms with van der Waals surface area (Å²) in [4.78, 5) is 27.8. The fourth-order valence-electron chi connectivity index (χ4n) is 3.72. The Morgan fingerprint density at radius 3 is 2.62 bits per heavy atom. The summed E-state index contributed by atoms with van der Waals surface area (Å²) < 4.78 is 34.6. The first-order valence-corrected chi connectivity index (χ1v) is 13.1. The van der Waals surface area contributed by atoms with Crippen LogP contribution in [0.5, 0.6) is 0 Å². The van der Waals surface area contributed by atoms with Crippen molar-refractivity contribution < 1.29 is 22.7 Å². The van der Waals surface area contributed by atoms with Gasteiger partial charge in [-0.15, -0.1) is 16.2 Å². The largest absolute Gasteiger partial charge is 0.454 e. The molecule has 7 nitrogen and oxygen atoms in total. The second-order valence-corrected chi connectivity index (χ2v) is 10.3. The number of carbonyl (C=O) groups excluding carboxylic acids is 2. The maximum Gasteiger partial charge on any atom is 0.340 e. The third-order valence-electron chi connectivity index (χ3n) is 5.40. The summed E-state index contributed by atoms with van der Waals surface area (Å²) in [5.74, 6) is -0.737. The highest BCUT2D eigenvalue weighted by atomic mass is 35.5. The number of amidine groups is 1. The number of halogens is 1. The zero-order chi connectivity index (χ0) is 22.9. The van der Waals surface area contributed by atoms with E-state index in [2.05, 4.69) is 4.40 Å².